The number of hydrogen-bond acceptors (Lipinski definition) is 8. The van der Waals surface area contributed by atoms with Crippen LogP contribution in [-0.4, -0.2) is 87.5 Å². The van der Waals surface area contributed by atoms with Crippen molar-refractivity contribution in [2.45, 2.75) is 320 Å². The fourth-order valence-electron chi connectivity index (χ4n) is 9.60. The average Bonchev–Trinajstić information content (AvgIpc) is 3.38. The lowest BCUT2D eigenvalue weighted by Gasteiger charge is -2.40. The van der Waals surface area contributed by atoms with Gasteiger partial charge >= 0.3 is 0 Å². The number of carbonyl (C=O) groups excluding carboxylic acids is 1. The first-order chi connectivity index (χ1) is 35.3. The topological polar surface area (TPSA) is 149 Å². The molecule has 0 aromatic heterocycles. The third kappa shape index (κ3) is 41.2. The van der Waals surface area contributed by atoms with Crippen LogP contribution in [0.5, 0.6) is 0 Å². The van der Waals surface area contributed by atoms with Crippen molar-refractivity contribution in [3.05, 3.63) is 60.8 Å². The quantitative estimate of drug-likeness (QED) is 0.0261. The SMILES string of the molecule is CC/C=C\C/C=C\C/C=C\C/C=C\C/C=C\CCCCCCCCCCCC(=O)NC(COC1OC(CO)C(O)C(O)C1O)C(O)CCCCCCCCCCCCCCCCCCCCCCCCCC. The van der Waals surface area contributed by atoms with E-state index in [0.717, 1.165) is 77.0 Å². The van der Waals surface area contributed by atoms with Gasteiger partial charge in [0.05, 0.1) is 25.4 Å². The summed E-state index contributed by atoms with van der Waals surface area (Å²) in [6, 6.07) is -0.727. The minimum absolute atomic E-state index is 0.142. The Bertz CT molecular complexity index is 1310. The van der Waals surface area contributed by atoms with Crippen molar-refractivity contribution in [1.82, 2.24) is 5.32 Å². The summed E-state index contributed by atoms with van der Waals surface area (Å²) in [7, 11) is 0. The van der Waals surface area contributed by atoms with Gasteiger partial charge in [-0.2, -0.15) is 0 Å². The second kappa shape index (κ2) is 52.3. The second-order valence-electron chi connectivity index (χ2n) is 21.1. The average molecular weight is 1010 g/mol. The summed E-state index contributed by atoms with van der Waals surface area (Å²) in [6.45, 7) is 3.75. The van der Waals surface area contributed by atoms with Crippen LogP contribution in [0.25, 0.3) is 0 Å². The number of hydrogen-bond donors (Lipinski definition) is 6. The van der Waals surface area contributed by atoms with E-state index in [1.54, 1.807) is 0 Å². The molecule has 1 fully saturated rings. The molecule has 0 spiro atoms. The minimum Gasteiger partial charge on any atom is -0.394 e. The molecule has 9 nitrogen and oxygen atoms in total. The van der Waals surface area contributed by atoms with Crippen LogP contribution in [0.4, 0.5) is 0 Å². The molecular weight excluding hydrogens is 899 g/mol. The van der Waals surface area contributed by atoms with Crippen LogP contribution in [-0.2, 0) is 14.3 Å². The predicted molar refractivity (Wildman–Crippen MR) is 304 cm³/mol. The molecule has 7 unspecified atom stereocenters. The summed E-state index contributed by atoms with van der Waals surface area (Å²) in [4.78, 5) is 13.1. The molecule has 72 heavy (non-hydrogen) atoms. The van der Waals surface area contributed by atoms with Crippen LogP contribution in [0, 0.1) is 0 Å². The van der Waals surface area contributed by atoms with Crippen molar-refractivity contribution < 1.29 is 39.8 Å². The van der Waals surface area contributed by atoms with Crippen molar-refractivity contribution >= 4 is 5.91 Å². The van der Waals surface area contributed by atoms with Crippen LogP contribution < -0.4 is 5.32 Å². The zero-order valence-corrected chi connectivity index (χ0v) is 46.7. The van der Waals surface area contributed by atoms with E-state index in [2.05, 4.69) is 79.9 Å². The highest BCUT2D eigenvalue weighted by atomic mass is 16.7. The van der Waals surface area contributed by atoms with Crippen LogP contribution >= 0.6 is 0 Å². The van der Waals surface area contributed by atoms with Gasteiger partial charge in [-0.25, -0.2) is 0 Å². The van der Waals surface area contributed by atoms with Crippen LogP contribution in [0.2, 0.25) is 0 Å². The van der Waals surface area contributed by atoms with E-state index in [1.807, 2.05) is 0 Å². The Balaban J connectivity index is 2.20. The molecule has 6 N–H and O–H groups in total. The number of allylic oxidation sites excluding steroid dienone is 10. The summed E-state index contributed by atoms with van der Waals surface area (Å²) >= 11 is 0. The molecule has 420 valence electrons. The monoisotopic (exact) mass is 1010 g/mol. The summed E-state index contributed by atoms with van der Waals surface area (Å²) in [5, 5.41) is 54.8. The number of rotatable bonds is 52. The predicted octanol–water partition coefficient (Wildman–Crippen LogP) is 15.5. The lowest BCUT2D eigenvalue weighted by Crippen LogP contribution is -2.60. The molecule has 1 amide bonds. The molecule has 0 aromatic carbocycles. The molecule has 0 aliphatic carbocycles. The van der Waals surface area contributed by atoms with E-state index in [9.17, 15) is 30.3 Å². The highest BCUT2D eigenvalue weighted by molar-refractivity contribution is 5.76. The molecule has 1 rings (SSSR count). The zero-order valence-electron chi connectivity index (χ0n) is 46.7. The first-order valence-electron chi connectivity index (χ1n) is 30.5. The zero-order chi connectivity index (χ0) is 52.2. The van der Waals surface area contributed by atoms with Crippen molar-refractivity contribution in [2.75, 3.05) is 13.2 Å². The molecule has 0 radical (unpaired) electrons. The smallest absolute Gasteiger partial charge is 0.220 e. The number of amides is 1. The van der Waals surface area contributed by atoms with E-state index in [0.29, 0.717) is 12.8 Å². The third-order valence-electron chi connectivity index (χ3n) is 14.4. The van der Waals surface area contributed by atoms with Crippen LogP contribution in [0.15, 0.2) is 60.8 Å². The van der Waals surface area contributed by atoms with Gasteiger partial charge in [0.2, 0.25) is 5.91 Å². The van der Waals surface area contributed by atoms with Crippen molar-refractivity contribution in [3.63, 3.8) is 0 Å². The van der Waals surface area contributed by atoms with Crippen molar-refractivity contribution in [3.8, 4) is 0 Å². The van der Waals surface area contributed by atoms with Gasteiger partial charge in [0.25, 0.3) is 0 Å². The van der Waals surface area contributed by atoms with E-state index < -0.39 is 49.5 Å². The number of aliphatic hydroxyl groups is 5. The number of ether oxygens (including phenoxy) is 2. The lowest BCUT2D eigenvalue weighted by molar-refractivity contribution is -0.302. The maximum absolute atomic E-state index is 13.1. The van der Waals surface area contributed by atoms with Gasteiger partial charge in [0, 0.05) is 6.42 Å². The molecule has 1 saturated heterocycles. The molecule has 0 aromatic rings. The summed E-state index contributed by atoms with van der Waals surface area (Å²) in [5.74, 6) is -0.149. The first-order valence-corrected chi connectivity index (χ1v) is 30.5. The van der Waals surface area contributed by atoms with Gasteiger partial charge < -0.3 is 40.3 Å². The summed E-state index contributed by atoms with van der Waals surface area (Å²) in [6.07, 6.45) is 63.9. The van der Waals surface area contributed by atoms with E-state index in [-0.39, 0.29) is 12.5 Å². The van der Waals surface area contributed by atoms with E-state index in [4.69, 9.17) is 9.47 Å². The van der Waals surface area contributed by atoms with Crippen LogP contribution in [0.1, 0.15) is 277 Å². The molecule has 0 bridgehead atoms. The third-order valence-corrected chi connectivity index (χ3v) is 14.4. The Morgan fingerprint density at radius 1 is 0.486 bits per heavy atom. The van der Waals surface area contributed by atoms with Crippen molar-refractivity contribution in [1.29, 1.82) is 0 Å². The molecule has 1 aliphatic rings. The maximum atomic E-state index is 13.1. The molecule has 9 heteroatoms. The fraction of sp³-hybridized carbons (Fsp3) is 0.825. The number of unbranched alkanes of at least 4 members (excludes halogenated alkanes) is 32. The minimum atomic E-state index is -1.56. The highest BCUT2D eigenvalue weighted by Crippen LogP contribution is 2.23. The largest absolute Gasteiger partial charge is 0.394 e. The highest BCUT2D eigenvalue weighted by Gasteiger charge is 2.44. The normalized spacial score (nSPS) is 19.6. The molecular formula is C63H115NO8. The molecule has 0 saturated carbocycles. The molecule has 7 atom stereocenters. The van der Waals surface area contributed by atoms with E-state index in [1.165, 1.54) is 173 Å². The van der Waals surface area contributed by atoms with Gasteiger partial charge in [-0.15, -0.1) is 0 Å². The molecule has 1 aliphatic heterocycles. The number of aliphatic hydroxyl groups excluding tert-OH is 5. The van der Waals surface area contributed by atoms with Gasteiger partial charge in [-0.3, -0.25) is 4.79 Å². The van der Waals surface area contributed by atoms with E-state index >= 15 is 0 Å². The maximum Gasteiger partial charge on any atom is 0.220 e. The van der Waals surface area contributed by atoms with Gasteiger partial charge in [-0.1, -0.05) is 274 Å². The fourth-order valence-corrected chi connectivity index (χ4v) is 9.60. The molecule has 1 heterocycles. The van der Waals surface area contributed by atoms with Gasteiger partial charge in [0.1, 0.15) is 24.4 Å². The Hall–Kier alpha value is -2.11. The first kappa shape index (κ1) is 67.9. The summed E-state index contributed by atoms with van der Waals surface area (Å²) < 4.78 is 11.3. The summed E-state index contributed by atoms with van der Waals surface area (Å²) in [5.41, 5.74) is 0. The standard InChI is InChI=1S/C63H115NO8/c1-3-5-7-9-11-13-15-17-19-21-23-25-27-29-31-33-35-37-39-41-43-45-47-49-51-53-59(67)64-56(55-71-63-62(70)61(69)60(68)58(54-65)72-63)57(66)52-50-48-46-44-42-40-38-36-34-32-30-28-26-24-22-20-18-16-14-12-10-8-6-4-2/h5,7,11,13,17,19,23,25,29,31,56-58,60-63,65-66,68-70H,3-4,6,8-10,12,14-16,18,20-22,24,26-28,30,32-55H2,1-2H3,(H,64,67)/b7-5-,13-11-,19-17-,25-23-,31-29-. The Morgan fingerprint density at radius 2 is 0.861 bits per heavy atom. The Morgan fingerprint density at radius 3 is 1.28 bits per heavy atom. The van der Waals surface area contributed by atoms with Crippen LogP contribution in [0.3, 0.4) is 0 Å². The Kier molecular flexibility index (Phi) is 49.4. The second-order valence-corrected chi connectivity index (χ2v) is 21.1. The lowest BCUT2D eigenvalue weighted by atomic mass is 9.99. The van der Waals surface area contributed by atoms with Crippen molar-refractivity contribution in [2.24, 2.45) is 0 Å². The van der Waals surface area contributed by atoms with Gasteiger partial charge in [0.15, 0.2) is 6.29 Å². The van der Waals surface area contributed by atoms with Gasteiger partial charge in [-0.05, 0) is 57.8 Å². The Labute approximate surface area is 443 Å². The number of nitrogens with one attached hydrogen (secondary N) is 1. The number of carbonyl (C=O) groups is 1.